The number of hydrogen-bond acceptors (Lipinski definition) is 2. The molecule has 1 heterocycles. The zero-order valence-electron chi connectivity index (χ0n) is 8.17. The first-order valence-corrected chi connectivity index (χ1v) is 4.60. The van der Waals surface area contributed by atoms with E-state index in [-0.39, 0.29) is 6.10 Å². The van der Waals surface area contributed by atoms with Gasteiger partial charge in [-0.1, -0.05) is 13.8 Å². The molecule has 0 bridgehead atoms. The van der Waals surface area contributed by atoms with Crippen LogP contribution in [-0.2, 0) is 0 Å². The van der Waals surface area contributed by atoms with Gasteiger partial charge in [-0.15, -0.1) is 0 Å². The van der Waals surface area contributed by atoms with E-state index in [4.69, 9.17) is 0 Å². The molecule has 2 heteroatoms. The van der Waals surface area contributed by atoms with E-state index in [2.05, 4.69) is 11.9 Å². The number of aliphatic hydroxyl groups is 1. The van der Waals surface area contributed by atoms with E-state index in [1.165, 1.54) is 6.42 Å². The van der Waals surface area contributed by atoms with Gasteiger partial charge in [0.1, 0.15) is 0 Å². The van der Waals surface area contributed by atoms with Crippen LogP contribution in [0.25, 0.3) is 0 Å². The molecule has 68 valence electrons. The molecule has 1 rings (SSSR count). The third-order valence-electron chi connectivity index (χ3n) is 2.13. The fourth-order valence-corrected chi connectivity index (χ4v) is 1.55. The van der Waals surface area contributed by atoms with E-state index in [0.29, 0.717) is 6.04 Å². The van der Waals surface area contributed by atoms with E-state index < -0.39 is 0 Å². The van der Waals surface area contributed by atoms with Crippen LogP contribution < -0.4 is 0 Å². The minimum atomic E-state index is -0.155. The Labute approximate surface area is 70.2 Å². The largest absolute Gasteiger partial charge is 0.392 e. The van der Waals surface area contributed by atoms with Crippen molar-refractivity contribution < 1.29 is 5.11 Å². The topological polar surface area (TPSA) is 23.5 Å². The highest BCUT2D eigenvalue weighted by Crippen LogP contribution is 2.17. The molecule has 11 heavy (non-hydrogen) atoms. The fourth-order valence-electron chi connectivity index (χ4n) is 1.55. The average molecular weight is 159 g/mol. The Morgan fingerprint density at radius 3 is 2.18 bits per heavy atom. The van der Waals surface area contributed by atoms with Gasteiger partial charge in [0.2, 0.25) is 0 Å². The molecule has 0 aromatic carbocycles. The van der Waals surface area contributed by atoms with Crippen molar-refractivity contribution in [2.45, 2.75) is 45.8 Å². The van der Waals surface area contributed by atoms with Crippen molar-refractivity contribution in [3.63, 3.8) is 0 Å². The molecule has 0 amide bonds. The van der Waals surface area contributed by atoms with Gasteiger partial charge in [-0.3, -0.25) is 0 Å². The van der Waals surface area contributed by atoms with Gasteiger partial charge in [0.05, 0.1) is 6.10 Å². The summed E-state index contributed by atoms with van der Waals surface area (Å²) in [5.41, 5.74) is 0. The maximum Gasteiger partial charge on any atom is 0.0667 e. The summed E-state index contributed by atoms with van der Waals surface area (Å²) in [4.78, 5) is 2.23. The first kappa shape index (κ1) is 10.9. The molecular formula is C9H21NO. The minimum absolute atomic E-state index is 0.155. The van der Waals surface area contributed by atoms with Crippen LogP contribution in [0.5, 0.6) is 0 Å². The van der Waals surface area contributed by atoms with Gasteiger partial charge in [0, 0.05) is 6.04 Å². The quantitative estimate of drug-likeness (QED) is 0.626. The van der Waals surface area contributed by atoms with Gasteiger partial charge in [-0.05, 0) is 33.4 Å². The first-order chi connectivity index (χ1) is 5.22. The van der Waals surface area contributed by atoms with Gasteiger partial charge >= 0.3 is 0 Å². The van der Waals surface area contributed by atoms with E-state index in [1.807, 2.05) is 20.8 Å². The highest BCUT2D eigenvalue weighted by atomic mass is 16.3. The van der Waals surface area contributed by atoms with Crippen LogP contribution in [0.3, 0.4) is 0 Å². The second kappa shape index (κ2) is 5.56. The average Bonchev–Trinajstić information content (AvgIpc) is 2.39. The SMILES string of the molecule is CC.CC(O)C1CCCN1C. The van der Waals surface area contributed by atoms with Crippen LogP contribution >= 0.6 is 0 Å². The van der Waals surface area contributed by atoms with Crippen LogP contribution in [0.2, 0.25) is 0 Å². The monoisotopic (exact) mass is 159 g/mol. The zero-order chi connectivity index (χ0) is 8.85. The number of nitrogens with zero attached hydrogens (tertiary/aromatic N) is 1. The lowest BCUT2D eigenvalue weighted by Crippen LogP contribution is -2.34. The second-order valence-electron chi connectivity index (χ2n) is 2.93. The molecule has 1 aliphatic rings. The third-order valence-corrected chi connectivity index (χ3v) is 2.13. The predicted molar refractivity (Wildman–Crippen MR) is 48.7 cm³/mol. The molecule has 0 saturated carbocycles. The number of aliphatic hydroxyl groups excluding tert-OH is 1. The Morgan fingerprint density at radius 1 is 1.45 bits per heavy atom. The van der Waals surface area contributed by atoms with Crippen molar-refractivity contribution in [1.29, 1.82) is 0 Å². The van der Waals surface area contributed by atoms with Gasteiger partial charge < -0.3 is 10.0 Å². The van der Waals surface area contributed by atoms with Crippen molar-refractivity contribution in [3.05, 3.63) is 0 Å². The number of likely N-dealkylation sites (N-methyl/N-ethyl adjacent to an activating group) is 1. The molecule has 2 atom stereocenters. The first-order valence-electron chi connectivity index (χ1n) is 4.60. The molecule has 1 fully saturated rings. The van der Waals surface area contributed by atoms with Crippen molar-refractivity contribution >= 4 is 0 Å². The van der Waals surface area contributed by atoms with Crippen molar-refractivity contribution in [2.24, 2.45) is 0 Å². The Balaban J connectivity index is 0.000000461. The summed E-state index contributed by atoms with van der Waals surface area (Å²) >= 11 is 0. The molecule has 0 aromatic rings. The van der Waals surface area contributed by atoms with Crippen molar-refractivity contribution in [3.8, 4) is 0 Å². The van der Waals surface area contributed by atoms with Crippen LogP contribution in [0.4, 0.5) is 0 Å². The Bertz CT molecular complexity index is 93.6. The van der Waals surface area contributed by atoms with E-state index in [1.54, 1.807) is 0 Å². The molecule has 1 saturated heterocycles. The van der Waals surface area contributed by atoms with E-state index in [0.717, 1.165) is 13.0 Å². The maximum absolute atomic E-state index is 9.18. The summed E-state index contributed by atoms with van der Waals surface area (Å²) in [7, 11) is 2.07. The summed E-state index contributed by atoms with van der Waals surface area (Å²) in [5.74, 6) is 0. The normalized spacial score (nSPS) is 27.5. The molecule has 1 aliphatic heterocycles. The highest BCUT2D eigenvalue weighted by Gasteiger charge is 2.24. The van der Waals surface area contributed by atoms with Gasteiger partial charge in [0.15, 0.2) is 0 Å². The van der Waals surface area contributed by atoms with Crippen LogP contribution in [0.1, 0.15) is 33.6 Å². The smallest absolute Gasteiger partial charge is 0.0667 e. The Hall–Kier alpha value is -0.0800. The fraction of sp³-hybridized carbons (Fsp3) is 1.00. The summed E-state index contributed by atoms with van der Waals surface area (Å²) in [6, 6.07) is 0.421. The summed E-state index contributed by atoms with van der Waals surface area (Å²) in [5, 5.41) is 9.18. The van der Waals surface area contributed by atoms with Crippen LogP contribution in [0.15, 0.2) is 0 Å². The molecule has 0 radical (unpaired) electrons. The minimum Gasteiger partial charge on any atom is -0.392 e. The summed E-state index contributed by atoms with van der Waals surface area (Å²) in [6.07, 6.45) is 2.25. The molecule has 2 nitrogen and oxygen atoms in total. The molecule has 0 aliphatic carbocycles. The lowest BCUT2D eigenvalue weighted by atomic mass is 10.1. The third kappa shape index (κ3) is 3.21. The molecule has 1 N–H and O–H groups in total. The van der Waals surface area contributed by atoms with Crippen molar-refractivity contribution in [1.82, 2.24) is 4.90 Å². The Morgan fingerprint density at radius 2 is 2.00 bits per heavy atom. The lowest BCUT2D eigenvalue weighted by Gasteiger charge is -2.21. The zero-order valence-corrected chi connectivity index (χ0v) is 8.17. The van der Waals surface area contributed by atoms with Gasteiger partial charge in [-0.2, -0.15) is 0 Å². The summed E-state index contributed by atoms with van der Waals surface area (Å²) < 4.78 is 0. The second-order valence-corrected chi connectivity index (χ2v) is 2.93. The highest BCUT2D eigenvalue weighted by molar-refractivity contribution is 4.79. The van der Waals surface area contributed by atoms with Crippen LogP contribution in [0, 0.1) is 0 Å². The lowest BCUT2D eigenvalue weighted by molar-refractivity contribution is 0.101. The van der Waals surface area contributed by atoms with Gasteiger partial charge in [-0.25, -0.2) is 0 Å². The number of likely N-dealkylation sites (tertiary alicyclic amines) is 1. The standard InChI is InChI=1S/C7H15NO.C2H6/c1-6(9)7-4-3-5-8(7)2;1-2/h6-7,9H,3-5H2,1-2H3;1-2H3. The van der Waals surface area contributed by atoms with Crippen molar-refractivity contribution in [2.75, 3.05) is 13.6 Å². The van der Waals surface area contributed by atoms with Crippen LogP contribution in [-0.4, -0.2) is 35.7 Å². The number of rotatable bonds is 1. The van der Waals surface area contributed by atoms with Gasteiger partial charge in [0.25, 0.3) is 0 Å². The molecule has 0 aromatic heterocycles. The molecule has 2 unspecified atom stereocenters. The van der Waals surface area contributed by atoms with E-state index in [9.17, 15) is 5.11 Å². The predicted octanol–water partition coefficient (Wildman–Crippen LogP) is 1.49. The summed E-state index contributed by atoms with van der Waals surface area (Å²) in [6.45, 7) is 7.02. The van der Waals surface area contributed by atoms with E-state index >= 15 is 0 Å². The molecular weight excluding hydrogens is 138 g/mol. The number of hydrogen-bond donors (Lipinski definition) is 1. The Kier molecular flexibility index (Phi) is 5.51. The maximum atomic E-state index is 9.18. The molecule has 0 spiro atoms.